The van der Waals surface area contributed by atoms with E-state index in [2.05, 4.69) is 36.0 Å². The van der Waals surface area contributed by atoms with Gasteiger partial charge in [0.1, 0.15) is 0 Å². The Hall–Kier alpha value is -0.830. The Labute approximate surface area is 133 Å². The number of rotatable bonds is 8. The van der Waals surface area contributed by atoms with E-state index in [9.17, 15) is 4.79 Å². The third kappa shape index (κ3) is 4.09. The van der Waals surface area contributed by atoms with Crippen molar-refractivity contribution in [1.29, 1.82) is 0 Å². The van der Waals surface area contributed by atoms with E-state index in [1.54, 1.807) is 11.3 Å². The molecule has 1 amide bonds. The first-order valence-electron chi connectivity index (χ1n) is 8.52. The van der Waals surface area contributed by atoms with Crippen molar-refractivity contribution in [2.45, 2.75) is 70.6 Å². The first-order chi connectivity index (χ1) is 10.2. The predicted octanol–water partition coefficient (Wildman–Crippen LogP) is 4.89. The Balaban J connectivity index is 1.97. The highest BCUT2D eigenvalue weighted by Crippen LogP contribution is 2.41. The zero-order valence-corrected chi connectivity index (χ0v) is 14.3. The summed E-state index contributed by atoms with van der Waals surface area (Å²) in [5.41, 5.74) is 1.64. The van der Waals surface area contributed by atoms with Crippen LogP contribution < -0.4 is 5.32 Å². The van der Waals surface area contributed by atoms with Crippen molar-refractivity contribution in [2.24, 2.45) is 5.92 Å². The molecule has 1 aromatic rings. The van der Waals surface area contributed by atoms with Crippen LogP contribution in [-0.4, -0.2) is 12.5 Å². The topological polar surface area (TPSA) is 29.1 Å². The highest BCUT2D eigenvalue weighted by atomic mass is 32.1. The number of nitrogens with one attached hydrogen (secondary N) is 1. The van der Waals surface area contributed by atoms with Gasteiger partial charge in [-0.3, -0.25) is 4.79 Å². The number of amides is 1. The Morgan fingerprint density at radius 2 is 1.95 bits per heavy atom. The molecule has 21 heavy (non-hydrogen) atoms. The summed E-state index contributed by atoms with van der Waals surface area (Å²) in [5.74, 6) is 0.487. The molecule has 0 saturated heterocycles. The molecule has 1 aliphatic rings. The molecule has 1 N–H and O–H groups in total. The zero-order valence-electron chi connectivity index (χ0n) is 13.5. The van der Waals surface area contributed by atoms with Gasteiger partial charge in [-0.15, -0.1) is 0 Å². The molecular weight excluding hydrogens is 278 g/mol. The maximum absolute atomic E-state index is 12.5. The lowest BCUT2D eigenvalue weighted by atomic mass is 9.80. The average molecular weight is 308 g/mol. The van der Waals surface area contributed by atoms with Gasteiger partial charge in [-0.1, -0.05) is 39.5 Å². The van der Waals surface area contributed by atoms with Gasteiger partial charge < -0.3 is 5.32 Å². The summed E-state index contributed by atoms with van der Waals surface area (Å²) in [5, 5.41) is 7.72. The third-order valence-corrected chi connectivity index (χ3v) is 5.62. The number of thiophene rings is 1. The molecule has 3 heteroatoms. The summed E-state index contributed by atoms with van der Waals surface area (Å²) in [6.07, 6.45) is 9.24. The molecule has 1 heterocycles. The normalized spacial score (nSPS) is 17.3. The molecule has 2 nitrogen and oxygen atoms in total. The Morgan fingerprint density at radius 3 is 2.48 bits per heavy atom. The molecule has 1 aliphatic carbocycles. The fraction of sp³-hybridized carbons (Fsp3) is 0.722. The summed E-state index contributed by atoms with van der Waals surface area (Å²) in [6.45, 7) is 5.16. The van der Waals surface area contributed by atoms with Gasteiger partial charge >= 0.3 is 0 Å². The number of hydrogen-bond acceptors (Lipinski definition) is 2. The minimum atomic E-state index is 0.207. The summed E-state index contributed by atoms with van der Waals surface area (Å²) >= 11 is 1.77. The van der Waals surface area contributed by atoms with E-state index in [-0.39, 0.29) is 17.2 Å². The van der Waals surface area contributed by atoms with E-state index < -0.39 is 0 Å². The molecule has 0 aliphatic heterocycles. The molecule has 0 atom stereocenters. The molecule has 1 aromatic heterocycles. The van der Waals surface area contributed by atoms with E-state index in [0.29, 0.717) is 0 Å². The van der Waals surface area contributed by atoms with Gasteiger partial charge in [0.2, 0.25) is 5.91 Å². The number of carbonyl (C=O) groups is 1. The fourth-order valence-corrected chi connectivity index (χ4v) is 4.47. The van der Waals surface area contributed by atoms with Crippen molar-refractivity contribution in [3.63, 3.8) is 0 Å². The number of carbonyl (C=O) groups excluding carboxylic acids is 1. The minimum absolute atomic E-state index is 0.207. The molecule has 118 valence electrons. The largest absolute Gasteiger partial charge is 0.355 e. The van der Waals surface area contributed by atoms with Crippen LogP contribution in [0.3, 0.4) is 0 Å². The van der Waals surface area contributed by atoms with Gasteiger partial charge in [0, 0.05) is 17.9 Å². The molecule has 2 rings (SSSR count). The standard InChI is InChI=1S/C18H29NOS/c1-3-7-15(8-4-2)17(20)19-14-18(10-5-6-11-18)16-9-12-21-13-16/h9,12-13,15H,3-8,10-11,14H2,1-2H3,(H,19,20). The zero-order chi connectivity index (χ0) is 15.1. The van der Waals surface area contributed by atoms with Crippen LogP contribution in [0.5, 0.6) is 0 Å². The van der Waals surface area contributed by atoms with E-state index >= 15 is 0 Å². The molecule has 1 fully saturated rings. The number of hydrogen-bond donors (Lipinski definition) is 1. The average Bonchev–Trinajstić information content (AvgIpc) is 3.16. The summed E-state index contributed by atoms with van der Waals surface area (Å²) in [4.78, 5) is 12.5. The second kappa shape index (κ2) is 7.98. The monoisotopic (exact) mass is 307 g/mol. The second-order valence-electron chi connectivity index (χ2n) is 6.49. The van der Waals surface area contributed by atoms with Crippen molar-refractivity contribution < 1.29 is 4.79 Å². The van der Waals surface area contributed by atoms with Gasteiger partial charge in [0.25, 0.3) is 0 Å². The van der Waals surface area contributed by atoms with Gasteiger partial charge in [-0.05, 0) is 48.1 Å². The van der Waals surface area contributed by atoms with Crippen LogP contribution in [0.15, 0.2) is 16.8 Å². The van der Waals surface area contributed by atoms with Crippen LogP contribution in [0.25, 0.3) is 0 Å². The molecular formula is C18H29NOS. The first-order valence-corrected chi connectivity index (χ1v) is 9.46. The lowest BCUT2D eigenvalue weighted by molar-refractivity contribution is -0.125. The van der Waals surface area contributed by atoms with E-state index in [4.69, 9.17) is 0 Å². The van der Waals surface area contributed by atoms with Crippen molar-refractivity contribution in [3.8, 4) is 0 Å². The quantitative estimate of drug-likeness (QED) is 0.727. The molecule has 0 aromatic carbocycles. The maximum atomic E-state index is 12.5. The highest BCUT2D eigenvalue weighted by Gasteiger charge is 2.36. The van der Waals surface area contributed by atoms with Crippen LogP contribution in [0.4, 0.5) is 0 Å². The van der Waals surface area contributed by atoms with Crippen LogP contribution in [0.1, 0.15) is 70.8 Å². The molecule has 0 radical (unpaired) electrons. The smallest absolute Gasteiger partial charge is 0.223 e. The van der Waals surface area contributed by atoms with Crippen LogP contribution in [0.2, 0.25) is 0 Å². The lowest BCUT2D eigenvalue weighted by Crippen LogP contribution is -2.41. The van der Waals surface area contributed by atoms with Crippen molar-refractivity contribution in [2.75, 3.05) is 6.54 Å². The highest BCUT2D eigenvalue weighted by molar-refractivity contribution is 7.08. The fourth-order valence-electron chi connectivity index (χ4n) is 3.69. The van der Waals surface area contributed by atoms with E-state index in [1.807, 2.05) is 0 Å². The van der Waals surface area contributed by atoms with Gasteiger partial charge in [0.05, 0.1) is 0 Å². The molecule has 0 bridgehead atoms. The Bertz CT molecular complexity index is 414. The summed E-state index contributed by atoms with van der Waals surface area (Å²) < 4.78 is 0. The van der Waals surface area contributed by atoms with Crippen molar-refractivity contribution >= 4 is 17.2 Å². The van der Waals surface area contributed by atoms with Gasteiger partial charge in [-0.2, -0.15) is 11.3 Å². The molecule has 0 spiro atoms. The van der Waals surface area contributed by atoms with Crippen LogP contribution >= 0.6 is 11.3 Å². The minimum Gasteiger partial charge on any atom is -0.355 e. The second-order valence-corrected chi connectivity index (χ2v) is 7.27. The van der Waals surface area contributed by atoms with Crippen molar-refractivity contribution in [1.82, 2.24) is 5.32 Å². The maximum Gasteiger partial charge on any atom is 0.223 e. The molecule has 1 saturated carbocycles. The lowest BCUT2D eigenvalue weighted by Gasteiger charge is -2.29. The Morgan fingerprint density at radius 1 is 1.29 bits per heavy atom. The van der Waals surface area contributed by atoms with Crippen LogP contribution in [-0.2, 0) is 10.2 Å². The SMILES string of the molecule is CCCC(CCC)C(=O)NCC1(c2ccsc2)CCCC1. The third-order valence-electron chi connectivity index (χ3n) is 4.94. The van der Waals surface area contributed by atoms with Gasteiger partial charge in [-0.25, -0.2) is 0 Å². The summed E-state index contributed by atoms with van der Waals surface area (Å²) in [7, 11) is 0. The van der Waals surface area contributed by atoms with E-state index in [0.717, 1.165) is 32.2 Å². The van der Waals surface area contributed by atoms with E-state index in [1.165, 1.54) is 31.2 Å². The van der Waals surface area contributed by atoms with Crippen LogP contribution in [0, 0.1) is 5.92 Å². The summed E-state index contributed by atoms with van der Waals surface area (Å²) in [6, 6.07) is 2.25. The van der Waals surface area contributed by atoms with Gasteiger partial charge in [0.15, 0.2) is 0 Å². The molecule has 0 unspecified atom stereocenters. The predicted molar refractivity (Wildman–Crippen MR) is 90.8 cm³/mol. The van der Waals surface area contributed by atoms with Crippen molar-refractivity contribution in [3.05, 3.63) is 22.4 Å². The Kier molecular flexibility index (Phi) is 6.28. The first kappa shape index (κ1) is 16.5.